The number of aromatic nitrogens is 1. The Hall–Kier alpha value is -3.33. The number of nitrogens with one attached hydrogen (secondary N) is 1. The Bertz CT molecular complexity index is 1270. The highest BCUT2D eigenvalue weighted by atomic mass is 32.2. The number of anilines is 1. The summed E-state index contributed by atoms with van der Waals surface area (Å²) < 4.78 is 27.7. The number of sulfonamides is 1. The number of aromatic hydroxyl groups is 1. The number of benzene rings is 2. The Morgan fingerprint density at radius 3 is 2.34 bits per heavy atom. The molecule has 0 saturated carbocycles. The Kier molecular flexibility index (Phi) is 6.32. The van der Waals surface area contributed by atoms with Crippen molar-refractivity contribution in [2.24, 2.45) is 5.41 Å². The van der Waals surface area contributed by atoms with E-state index in [1.807, 2.05) is 0 Å². The van der Waals surface area contributed by atoms with Crippen molar-refractivity contribution in [1.82, 2.24) is 4.73 Å². The van der Waals surface area contributed by atoms with Crippen LogP contribution >= 0.6 is 0 Å². The largest absolute Gasteiger partial charge is 0.492 e. The second kappa shape index (κ2) is 8.66. The highest BCUT2D eigenvalue weighted by molar-refractivity contribution is 7.92. The highest BCUT2D eigenvalue weighted by Gasteiger charge is 2.30. The van der Waals surface area contributed by atoms with Crippen molar-refractivity contribution in [1.29, 1.82) is 0 Å². The number of carbonyl (C=O) groups is 2. The molecule has 0 atom stereocenters. The SMILES string of the molecule is CCCS(=O)(=O)Nc1ccc2c(C(=O)c3ccccc3)c(O)n(OC(=O)C(C)(C)C)c2c1. The fourth-order valence-electron chi connectivity index (χ4n) is 3.08. The van der Waals surface area contributed by atoms with Gasteiger partial charge < -0.3 is 9.94 Å². The quantitative estimate of drug-likeness (QED) is 0.522. The monoisotopic (exact) mass is 458 g/mol. The van der Waals surface area contributed by atoms with Crippen molar-refractivity contribution >= 4 is 38.4 Å². The van der Waals surface area contributed by atoms with Gasteiger partial charge in [-0.25, -0.2) is 13.2 Å². The van der Waals surface area contributed by atoms with Gasteiger partial charge in [-0.1, -0.05) is 37.3 Å². The van der Waals surface area contributed by atoms with Gasteiger partial charge in [-0.15, -0.1) is 4.73 Å². The lowest BCUT2D eigenvalue weighted by atomic mass is 9.98. The number of nitrogens with zero attached hydrogens (tertiary/aromatic N) is 1. The molecule has 0 aliphatic rings. The van der Waals surface area contributed by atoms with Crippen molar-refractivity contribution in [3.05, 3.63) is 59.7 Å². The molecule has 2 aromatic carbocycles. The third-order valence-corrected chi connectivity index (χ3v) is 6.19. The average molecular weight is 459 g/mol. The van der Waals surface area contributed by atoms with Gasteiger partial charge in [0.05, 0.1) is 27.9 Å². The van der Waals surface area contributed by atoms with Crippen molar-refractivity contribution in [3.8, 4) is 5.88 Å². The summed E-state index contributed by atoms with van der Waals surface area (Å²) in [4.78, 5) is 31.1. The average Bonchev–Trinajstić information content (AvgIpc) is 2.98. The van der Waals surface area contributed by atoms with Gasteiger partial charge in [0, 0.05) is 10.9 Å². The summed E-state index contributed by atoms with van der Waals surface area (Å²) >= 11 is 0. The number of carbonyl (C=O) groups excluding carboxylic acids is 2. The molecular weight excluding hydrogens is 432 g/mol. The standard InChI is InChI=1S/C23H26N2O6S/c1-5-13-32(29,30)24-16-11-12-17-18(14-16)25(31-22(28)23(2,3)4)21(27)19(17)20(26)15-9-7-6-8-10-15/h6-12,14,24,27H,5,13H2,1-4H3. The predicted octanol–water partition coefficient (Wildman–Crippen LogP) is 3.73. The van der Waals surface area contributed by atoms with E-state index in [1.54, 1.807) is 58.0 Å². The molecule has 2 N–H and O–H groups in total. The first kappa shape index (κ1) is 23.3. The summed E-state index contributed by atoms with van der Waals surface area (Å²) in [6.07, 6.45) is 0.438. The molecule has 1 aromatic heterocycles. The van der Waals surface area contributed by atoms with Crippen LogP contribution in [-0.4, -0.2) is 35.8 Å². The van der Waals surface area contributed by atoms with Crippen LogP contribution < -0.4 is 9.56 Å². The summed E-state index contributed by atoms with van der Waals surface area (Å²) in [7, 11) is -3.57. The van der Waals surface area contributed by atoms with E-state index in [0.29, 0.717) is 17.4 Å². The van der Waals surface area contributed by atoms with Gasteiger partial charge in [0.15, 0.2) is 5.78 Å². The van der Waals surface area contributed by atoms with Crippen molar-refractivity contribution in [2.45, 2.75) is 34.1 Å². The number of rotatable bonds is 7. The van der Waals surface area contributed by atoms with E-state index in [1.165, 1.54) is 18.2 Å². The van der Waals surface area contributed by atoms with Crippen LogP contribution in [0.5, 0.6) is 5.88 Å². The van der Waals surface area contributed by atoms with Gasteiger partial charge in [0.1, 0.15) is 0 Å². The number of hydrogen-bond donors (Lipinski definition) is 2. The summed E-state index contributed by atoms with van der Waals surface area (Å²) in [6, 6.07) is 12.8. The van der Waals surface area contributed by atoms with Gasteiger partial charge in [-0.3, -0.25) is 9.52 Å². The Morgan fingerprint density at radius 2 is 1.75 bits per heavy atom. The first-order valence-corrected chi connectivity index (χ1v) is 11.8. The Balaban J connectivity index is 2.19. The molecular formula is C23H26N2O6S. The van der Waals surface area contributed by atoms with Gasteiger partial charge in [-0.2, -0.15) is 0 Å². The minimum atomic E-state index is -3.57. The fourth-order valence-corrected chi connectivity index (χ4v) is 4.21. The molecule has 0 aliphatic heterocycles. The summed E-state index contributed by atoms with van der Waals surface area (Å²) in [5.41, 5.74) is -0.189. The Morgan fingerprint density at radius 1 is 1.09 bits per heavy atom. The number of fused-ring (bicyclic) bond motifs is 1. The van der Waals surface area contributed by atoms with Crippen LogP contribution in [0.3, 0.4) is 0 Å². The first-order valence-electron chi connectivity index (χ1n) is 10.1. The van der Waals surface area contributed by atoms with Crippen molar-refractivity contribution in [2.75, 3.05) is 10.5 Å². The molecule has 0 saturated heterocycles. The number of hydrogen-bond acceptors (Lipinski definition) is 6. The zero-order valence-electron chi connectivity index (χ0n) is 18.4. The van der Waals surface area contributed by atoms with Crippen LogP contribution in [0.25, 0.3) is 10.9 Å². The van der Waals surface area contributed by atoms with Crippen LogP contribution in [-0.2, 0) is 14.8 Å². The molecule has 0 unspecified atom stereocenters. The van der Waals surface area contributed by atoms with Gasteiger partial charge in [0.2, 0.25) is 15.9 Å². The molecule has 0 fully saturated rings. The zero-order valence-corrected chi connectivity index (χ0v) is 19.2. The minimum Gasteiger partial charge on any atom is -0.492 e. The smallest absolute Gasteiger partial charge is 0.338 e. The molecule has 3 rings (SSSR count). The maximum atomic E-state index is 13.2. The lowest BCUT2D eigenvalue weighted by molar-refractivity contribution is -0.153. The fraction of sp³-hybridized carbons (Fsp3) is 0.304. The van der Waals surface area contributed by atoms with E-state index in [9.17, 15) is 23.1 Å². The van der Waals surface area contributed by atoms with E-state index in [2.05, 4.69) is 4.72 Å². The second-order valence-corrected chi connectivity index (χ2v) is 10.3. The zero-order chi connectivity index (χ0) is 23.7. The second-order valence-electron chi connectivity index (χ2n) is 8.47. The highest BCUT2D eigenvalue weighted by Crippen LogP contribution is 2.35. The maximum Gasteiger partial charge on any atom is 0.338 e. The third-order valence-electron chi connectivity index (χ3n) is 4.70. The van der Waals surface area contributed by atoms with E-state index in [0.717, 1.165) is 4.73 Å². The summed E-state index contributed by atoms with van der Waals surface area (Å²) in [5.74, 6) is -1.70. The van der Waals surface area contributed by atoms with Crippen LogP contribution in [0.2, 0.25) is 0 Å². The molecule has 0 spiro atoms. The molecule has 170 valence electrons. The molecule has 32 heavy (non-hydrogen) atoms. The lowest BCUT2D eigenvalue weighted by Gasteiger charge is -2.17. The topological polar surface area (TPSA) is 115 Å². The van der Waals surface area contributed by atoms with E-state index < -0.39 is 33.1 Å². The minimum absolute atomic E-state index is 0.0455. The van der Waals surface area contributed by atoms with Gasteiger partial charge in [-0.05, 0) is 45.4 Å². The van der Waals surface area contributed by atoms with Crippen LogP contribution in [0, 0.1) is 5.41 Å². The van der Waals surface area contributed by atoms with E-state index in [-0.39, 0.29) is 22.5 Å². The first-order chi connectivity index (χ1) is 14.9. The summed E-state index contributed by atoms with van der Waals surface area (Å²) in [6.45, 7) is 6.70. The van der Waals surface area contributed by atoms with Crippen LogP contribution in [0.1, 0.15) is 50.0 Å². The van der Waals surface area contributed by atoms with Crippen LogP contribution in [0.4, 0.5) is 5.69 Å². The molecule has 1 heterocycles. The van der Waals surface area contributed by atoms with E-state index in [4.69, 9.17) is 4.84 Å². The van der Waals surface area contributed by atoms with Crippen LogP contribution in [0.15, 0.2) is 48.5 Å². The molecule has 0 aliphatic carbocycles. The molecule has 0 bridgehead atoms. The number of ketones is 1. The summed E-state index contributed by atoms with van der Waals surface area (Å²) in [5, 5.41) is 11.2. The predicted molar refractivity (Wildman–Crippen MR) is 122 cm³/mol. The molecule has 0 radical (unpaired) electrons. The third kappa shape index (κ3) is 4.77. The molecule has 3 aromatic rings. The maximum absolute atomic E-state index is 13.2. The van der Waals surface area contributed by atoms with Gasteiger partial charge in [0.25, 0.3) is 0 Å². The van der Waals surface area contributed by atoms with Gasteiger partial charge >= 0.3 is 5.97 Å². The van der Waals surface area contributed by atoms with E-state index >= 15 is 0 Å². The van der Waals surface area contributed by atoms with Crippen molar-refractivity contribution in [3.63, 3.8) is 0 Å². The van der Waals surface area contributed by atoms with Crippen molar-refractivity contribution < 1.29 is 28.0 Å². The Labute approximate surface area is 186 Å². The lowest BCUT2D eigenvalue weighted by Crippen LogP contribution is -2.31. The normalized spacial score (nSPS) is 12.0. The molecule has 8 nitrogen and oxygen atoms in total. The molecule has 9 heteroatoms. The molecule has 0 amide bonds.